The van der Waals surface area contributed by atoms with E-state index in [2.05, 4.69) is 6.07 Å². The predicted molar refractivity (Wildman–Crippen MR) is 133 cm³/mol. The molecule has 1 atom stereocenters. The Morgan fingerprint density at radius 3 is 2.46 bits per heavy atom. The van der Waals surface area contributed by atoms with Gasteiger partial charge in [0.2, 0.25) is 5.91 Å². The Kier molecular flexibility index (Phi) is 7.12. The second-order valence-corrected chi connectivity index (χ2v) is 9.25. The molecule has 0 radical (unpaired) electrons. The van der Waals surface area contributed by atoms with E-state index in [-0.39, 0.29) is 18.1 Å². The normalized spacial score (nSPS) is 19.1. The minimum absolute atomic E-state index is 0.102. The highest BCUT2D eigenvalue weighted by molar-refractivity contribution is 6.00. The van der Waals surface area contributed by atoms with Crippen molar-refractivity contribution in [3.63, 3.8) is 0 Å². The smallest absolute Gasteiger partial charge is 0.347 e. The molecule has 4 rings (SSSR count). The first-order valence-corrected chi connectivity index (χ1v) is 11.9. The van der Waals surface area contributed by atoms with Crippen LogP contribution >= 0.6 is 0 Å². The fourth-order valence-electron chi connectivity index (χ4n) is 4.90. The van der Waals surface area contributed by atoms with Crippen molar-refractivity contribution in [2.75, 3.05) is 25.5 Å². The molecule has 6 nitrogen and oxygen atoms in total. The number of benzene rings is 2. The van der Waals surface area contributed by atoms with Crippen molar-refractivity contribution < 1.29 is 22.8 Å². The van der Waals surface area contributed by atoms with E-state index in [9.17, 15) is 28.0 Å². The summed E-state index contributed by atoms with van der Waals surface area (Å²) in [6.07, 6.45) is -0.646. The first-order chi connectivity index (χ1) is 17.6. The molecule has 37 heavy (non-hydrogen) atoms. The number of likely N-dealkylation sites (N-methyl/N-ethyl adjacent to an activating group) is 1. The number of halogens is 3. The zero-order valence-corrected chi connectivity index (χ0v) is 20.8. The molecule has 9 heteroatoms. The molecule has 0 saturated carbocycles. The van der Waals surface area contributed by atoms with Gasteiger partial charge in [-0.05, 0) is 67.7 Å². The van der Waals surface area contributed by atoms with Gasteiger partial charge in [-0.2, -0.15) is 18.4 Å². The highest BCUT2D eigenvalue weighted by atomic mass is 19.4. The lowest BCUT2D eigenvalue weighted by Crippen LogP contribution is -2.53. The number of nitrogens with zero attached hydrogens (tertiary/aromatic N) is 4. The van der Waals surface area contributed by atoms with Crippen LogP contribution in [0, 0.1) is 11.3 Å². The third kappa shape index (κ3) is 4.96. The Morgan fingerprint density at radius 1 is 1.16 bits per heavy atom. The highest BCUT2D eigenvalue weighted by Crippen LogP contribution is 2.47. The molecule has 0 saturated heterocycles. The van der Waals surface area contributed by atoms with Crippen LogP contribution in [0.25, 0.3) is 0 Å². The number of carbonyl (C=O) groups excluding carboxylic acids is 2. The minimum atomic E-state index is -4.57. The van der Waals surface area contributed by atoms with Gasteiger partial charge in [0.05, 0.1) is 28.9 Å². The zero-order valence-electron chi connectivity index (χ0n) is 20.8. The van der Waals surface area contributed by atoms with E-state index in [1.807, 2.05) is 13.0 Å². The molecule has 1 aliphatic heterocycles. The van der Waals surface area contributed by atoms with Gasteiger partial charge in [-0.1, -0.05) is 24.3 Å². The van der Waals surface area contributed by atoms with Crippen LogP contribution in [0.4, 0.5) is 23.7 Å². The summed E-state index contributed by atoms with van der Waals surface area (Å²) in [5.41, 5.74) is 2.83. The Morgan fingerprint density at radius 2 is 1.86 bits per heavy atom. The van der Waals surface area contributed by atoms with Crippen LogP contribution in [-0.2, 0) is 11.0 Å². The fraction of sp³-hybridized carbons (Fsp3) is 0.321. The van der Waals surface area contributed by atoms with Crippen molar-refractivity contribution in [2.24, 2.45) is 0 Å². The maximum atomic E-state index is 14.1. The number of anilines is 1. The number of hydrogen-bond donors (Lipinski definition) is 0. The molecule has 0 bridgehead atoms. The van der Waals surface area contributed by atoms with Gasteiger partial charge in [0.1, 0.15) is 6.54 Å². The van der Waals surface area contributed by atoms with Crippen LogP contribution in [0.1, 0.15) is 48.9 Å². The highest BCUT2D eigenvalue weighted by Gasteiger charge is 2.44. The molecule has 2 aromatic rings. The van der Waals surface area contributed by atoms with Crippen LogP contribution in [0.5, 0.6) is 0 Å². The maximum absolute atomic E-state index is 14.1. The van der Waals surface area contributed by atoms with Crippen LogP contribution < -0.4 is 4.90 Å². The maximum Gasteiger partial charge on any atom is 0.416 e. The minimum Gasteiger partial charge on any atom is -0.347 e. The standard InChI is InChI=1S/C28H27F3N4O2/c1-4-19-7-5-10-23-25(19)26(20-13-11-18(16-32)12-14-20)34(17-24(36)33(2)3)27(37)35(23)22-9-6-8-21(15-22)28(29,30)31/h4,6,8-9,11-15,26H,5,7,10,17H2,1-3H3. The molecule has 0 aromatic heterocycles. The van der Waals surface area contributed by atoms with Gasteiger partial charge in [-0.15, -0.1) is 0 Å². The third-order valence-electron chi connectivity index (χ3n) is 6.75. The van der Waals surface area contributed by atoms with Gasteiger partial charge in [0.15, 0.2) is 0 Å². The van der Waals surface area contributed by atoms with Gasteiger partial charge in [-0.25, -0.2) is 4.79 Å². The van der Waals surface area contributed by atoms with Gasteiger partial charge in [-0.3, -0.25) is 9.69 Å². The van der Waals surface area contributed by atoms with Gasteiger partial charge in [0, 0.05) is 25.4 Å². The number of alkyl halides is 3. The first-order valence-electron chi connectivity index (χ1n) is 11.9. The van der Waals surface area contributed by atoms with Gasteiger partial charge < -0.3 is 9.80 Å². The summed E-state index contributed by atoms with van der Waals surface area (Å²) in [4.78, 5) is 31.1. The van der Waals surface area contributed by atoms with E-state index in [0.29, 0.717) is 17.7 Å². The fourth-order valence-corrected chi connectivity index (χ4v) is 4.90. The van der Waals surface area contributed by atoms with E-state index >= 15 is 0 Å². The topological polar surface area (TPSA) is 67.6 Å². The second kappa shape index (κ2) is 10.1. The molecule has 0 N–H and O–H groups in total. The van der Waals surface area contributed by atoms with E-state index in [0.717, 1.165) is 41.7 Å². The summed E-state index contributed by atoms with van der Waals surface area (Å²) in [7, 11) is 3.17. The quantitative estimate of drug-likeness (QED) is 0.506. The second-order valence-electron chi connectivity index (χ2n) is 9.25. The van der Waals surface area contributed by atoms with Crippen molar-refractivity contribution in [3.8, 4) is 6.07 Å². The Hall–Kier alpha value is -4.06. The van der Waals surface area contributed by atoms with Crippen LogP contribution in [-0.4, -0.2) is 42.4 Å². The number of rotatable bonds is 4. The molecule has 1 unspecified atom stereocenters. The lowest BCUT2D eigenvalue weighted by atomic mass is 9.80. The molecule has 0 spiro atoms. The van der Waals surface area contributed by atoms with Crippen LogP contribution in [0.2, 0.25) is 0 Å². The SMILES string of the molecule is CC=C1CCCC2=C1C(c1ccc(C#N)cc1)N(CC(=O)N(C)C)C(=O)N2c1cccc(C(F)(F)F)c1. The van der Waals surface area contributed by atoms with Crippen molar-refractivity contribution in [1.29, 1.82) is 5.26 Å². The summed E-state index contributed by atoms with van der Waals surface area (Å²) >= 11 is 0. The average molecular weight is 509 g/mol. The van der Waals surface area contributed by atoms with Crippen LogP contribution in [0.3, 0.4) is 0 Å². The third-order valence-corrected chi connectivity index (χ3v) is 6.75. The zero-order chi connectivity index (χ0) is 26.9. The van der Waals surface area contributed by atoms with Crippen molar-refractivity contribution in [3.05, 3.63) is 88.1 Å². The summed E-state index contributed by atoms with van der Waals surface area (Å²) in [5, 5.41) is 9.25. The van der Waals surface area contributed by atoms with Crippen molar-refractivity contribution in [1.82, 2.24) is 9.80 Å². The molecule has 192 valence electrons. The molecule has 1 heterocycles. The van der Waals surface area contributed by atoms with Gasteiger partial charge in [0.25, 0.3) is 0 Å². The first kappa shape index (κ1) is 26.0. The molecule has 2 aliphatic rings. The van der Waals surface area contributed by atoms with E-state index < -0.39 is 23.8 Å². The monoisotopic (exact) mass is 508 g/mol. The number of hydrogen-bond acceptors (Lipinski definition) is 3. The molecule has 2 aromatic carbocycles. The van der Waals surface area contributed by atoms with Crippen LogP contribution in [0.15, 0.2) is 71.5 Å². The summed E-state index contributed by atoms with van der Waals surface area (Å²) in [6, 6.07) is 12.4. The van der Waals surface area contributed by atoms with Crippen molar-refractivity contribution >= 4 is 17.6 Å². The number of allylic oxidation sites excluding steroid dienone is 2. The lowest BCUT2D eigenvalue weighted by molar-refractivity contribution is -0.137. The molecule has 1 aliphatic carbocycles. The summed E-state index contributed by atoms with van der Waals surface area (Å²) in [5.74, 6) is -0.321. The molecule has 0 fully saturated rings. The summed E-state index contributed by atoms with van der Waals surface area (Å²) in [6.45, 7) is 1.63. The molecular weight excluding hydrogens is 481 g/mol. The Bertz CT molecular complexity index is 1320. The molecule has 3 amide bonds. The number of amides is 3. The summed E-state index contributed by atoms with van der Waals surface area (Å²) < 4.78 is 40.7. The number of urea groups is 1. The van der Waals surface area contributed by atoms with E-state index in [4.69, 9.17) is 0 Å². The molecular formula is C28H27F3N4O2. The lowest BCUT2D eigenvalue weighted by Gasteiger charge is -2.46. The number of carbonyl (C=O) groups is 2. The Labute approximate surface area is 213 Å². The van der Waals surface area contributed by atoms with Crippen molar-refractivity contribution in [2.45, 2.75) is 38.4 Å². The van der Waals surface area contributed by atoms with E-state index in [1.54, 1.807) is 38.4 Å². The Balaban J connectivity index is 1.97. The largest absolute Gasteiger partial charge is 0.416 e. The number of nitriles is 1. The predicted octanol–water partition coefficient (Wildman–Crippen LogP) is 6.03. The van der Waals surface area contributed by atoms with Gasteiger partial charge >= 0.3 is 12.2 Å². The average Bonchev–Trinajstić information content (AvgIpc) is 2.88. The van der Waals surface area contributed by atoms with E-state index in [1.165, 1.54) is 26.8 Å².